The van der Waals surface area contributed by atoms with Crippen LogP contribution in [0.1, 0.15) is 58.9 Å². The fraction of sp³-hybridized carbons (Fsp3) is 0.379. The van der Waals surface area contributed by atoms with Crippen LogP contribution in [0.3, 0.4) is 0 Å². The molecule has 6 rings (SSSR count). The standard InChI is InChI=1S/C29H31NO/c1-21-7-13-27-24(19-21)10-14-26(22-5-3-2-4-6-22)28(27)23-8-11-25(12-9-23)30-17-15-29(16-18-30)20-31-29/h2-9,11-13,19,26,28H,10,14-18,20H2,1H3/t26-,28+/m1/s1. The Balaban J connectivity index is 1.33. The van der Waals surface area contributed by atoms with Crippen LogP contribution in [0, 0.1) is 6.92 Å². The van der Waals surface area contributed by atoms with E-state index < -0.39 is 0 Å². The van der Waals surface area contributed by atoms with E-state index in [9.17, 15) is 0 Å². The molecular weight excluding hydrogens is 378 g/mol. The topological polar surface area (TPSA) is 15.8 Å². The van der Waals surface area contributed by atoms with Gasteiger partial charge in [0.2, 0.25) is 0 Å². The summed E-state index contributed by atoms with van der Waals surface area (Å²) in [5.41, 5.74) is 8.93. The minimum Gasteiger partial charge on any atom is -0.371 e. The van der Waals surface area contributed by atoms with Crippen molar-refractivity contribution >= 4 is 5.69 Å². The molecule has 0 bridgehead atoms. The number of hydrogen-bond donors (Lipinski definition) is 0. The molecule has 2 heteroatoms. The van der Waals surface area contributed by atoms with Crippen molar-refractivity contribution in [3.8, 4) is 0 Å². The van der Waals surface area contributed by atoms with Crippen molar-refractivity contribution in [1.29, 1.82) is 0 Å². The third-order valence-corrected chi connectivity index (χ3v) is 7.83. The fourth-order valence-corrected chi connectivity index (χ4v) is 5.88. The van der Waals surface area contributed by atoms with E-state index in [0.717, 1.165) is 19.7 Å². The number of nitrogens with zero attached hydrogens (tertiary/aromatic N) is 1. The Labute approximate surface area is 185 Å². The third kappa shape index (κ3) is 3.57. The number of anilines is 1. The maximum atomic E-state index is 5.69. The molecule has 2 saturated heterocycles. The van der Waals surface area contributed by atoms with E-state index in [1.54, 1.807) is 0 Å². The summed E-state index contributed by atoms with van der Waals surface area (Å²) >= 11 is 0. The summed E-state index contributed by atoms with van der Waals surface area (Å²) in [6, 6.07) is 27.7. The normalized spacial score (nSPS) is 24.1. The first-order valence-electron chi connectivity index (χ1n) is 11.8. The van der Waals surface area contributed by atoms with Gasteiger partial charge in [0.1, 0.15) is 0 Å². The van der Waals surface area contributed by atoms with E-state index in [1.807, 2.05) is 0 Å². The number of aryl methyl sites for hydroxylation is 2. The van der Waals surface area contributed by atoms with Crippen molar-refractivity contribution in [3.05, 3.63) is 101 Å². The fourth-order valence-electron chi connectivity index (χ4n) is 5.88. The Bertz CT molecular complexity index is 1060. The van der Waals surface area contributed by atoms with Gasteiger partial charge in [-0.25, -0.2) is 0 Å². The lowest BCUT2D eigenvalue weighted by atomic mass is 9.69. The number of hydrogen-bond acceptors (Lipinski definition) is 2. The highest BCUT2D eigenvalue weighted by Crippen LogP contribution is 2.47. The van der Waals surface area contributed by atoms with Crippen LogP contribution in [-0.2, 0) is 11.2 Å². The van der Waals surface area contributed by atoms with Crippen molar-refractivity contribution in [2.45, 2.75) is 50.0 Å². The molecule has 0 amide bonds. The minimum atomic E-state index is 0.239. The number of epoxide rings is 1. The molecule has 0 unspecified atom stereocenters. The van der Waals surface area contributed by atoms with Gasteiger partial charge in [-0.3, -0.25) is 0 Å². The van der Waals surface area contributed by atoms with Crippen LogP contribution in [0.25, 0.3) is 0 Å². The zero-order chi connectivity index (χ0) is 20.8. The molecule has 3 aromatic carbocycles. The summed E-state index contributed by atoms with van der Waals surface area (Å²) in [6.45, 7) is 5.40. The van der Waals surface area contributed by atoms with Gasteiger partial charge in [0.15, 0.2) is 0 Å². The van der Waals surface area contributed by atoms with Gasteiger partial charge in [-0.15, -0.1) is 0 Å². The van der Waals surface area contributed by atoms with Crippen molar-refractivity contribution < 1.29 is 4.74 Å². The Morgan fingerprint density at radius 2 is 1.61 bits per heavy atom. The predicted octanol–water partition coefficient (Wildman–Crippen LogP) is 6.23. The van der Waals surface area contributed by atoms with Gasteiger partial charge in [0, 0.05) is 24.7 Å². The monoisotopic (exact) mass is 409 g/mol. The van der Waals surface area contributed by atoms with Crippen molar-refractivity contribution in [2.24, 2.45) is 0 Å². The molecule has 3 aliphatic rings. The molecule has 2 fully saturated rings. The largest absolute Gasteiger partial charge is 0.371 e. The summed E-state index contributed by atoms with van der Waals surface area (Å²) in [4.78, 5) is 2.53. The lowest BCUT2D eigenvalue weighted by Crippen LogP contribution is -2.37. The molecule has 158 valence electrons. The Kier molecular flexibility index (Phi) is 4.65. The molecule has 2 atom stereocenters. The molecule has 2 heterocycles. The summed E-state index contributed by atoms with van der Waals surface area (Å²) in [7, 11) is 0. The summed E-state index contributed by atoms with van der Waals surface area (Å²) in [5.74, 6) is 0.953. The maximum Gasteiger partial charge on any atom is 0.0950 e. The lowest BCUT2D eigenvalue weighted by Gasteiger charge is -2.36. The van der Waals surface area contributed by atoms with Crippen LogP contribution >= 0.6 is 0 Å². The average Bonchev–Trinajstić information content (AvgIpc) is 3.58. The lowest BCUT2D eigenvalue weighted by molar-refractivity contribution is 0.258. The second-order valence-corrected chi connectivity index (χ2v) is 9.79. The van der Waals surface area contributed by atoms with E-state index in [4.69, 9.17) is 4.74 Å². The van der Waals surface area contributed by atoms with E-state index in [-0.39, 0.29) is 5.60 Å². The molecule has 1 spiro atoms. The molecule has 0 radical (unpaired) electrons. The molecule has 0 saturated carbocycles. The van der Waals surface area contributed by atoms with Crippen LogP contribution in [0.15, 0.2) is 72.8 Å². The van der Waals surface area contributed by atoms with E-state index in [0.29, 0.717) is 11.8 Å². The quantitative estimate of drug-likeness (QED) is 0.477. The average molecular weight is 410 g/mol. The Morgan fingerprint density at radius 3 is 2.32 bits per heavy atom. The Hall–Kier alpha value is -2.58. The van der Waals surface area contributed by atoms with Crippen molar-refractivity contribution in [1.82, 2.24) is 0 Å². The Morgan fingerprint density at radius 1 is 0.871 bits per heavy atom. The molecule has 0 aromatic heterocycles. The van der Waals surface area contributed by atoms with Crippen molar-refractivity contribution in [2.75, 3.05) is 24.6 Å². The highest BCUT2D eigenvalue weighted by Gasteiger charge is 2.46. The number of piperidine rings is 1. The molecular formula is C29H31NO. The highest BCUT2D eigenvalue weighted by molar-refractivity contribution is 5.52. The predicted molar refractivity (Wildman–Crippen MR) is 127 cm³/mol. The summed E-state index contributed by atoms with van der Waals surface area (Å²) in [5, 5.41) is 0. The first-order chi connectivity index (χ1) is 15.2. The van der Waals surface area contributed by atoms with Gasteiger partial charge < -0.3 is 9.64 Å². The molecule has 2 nitrogen and oxygen atoms in total. The molecule has 1 aliphatic carbocycles. The molecule has 31 heavy (non-hydrogen) atoms. The number of benzene rings is 3. The molecule has 2 aliphatic heterocycles. The van der Waals surface area contributed by atoms with Crippen LogP contribution in [0.5, 0.6) is 0 Å². The minimum absolute atomic E-state index is 0.239. The molecule has 0 N–H and O–H groups in total. The number of rotatable bonds is 3. The van der Waals surface area contributed by atoms with E-state index >= 15 is 0 Å². The van der Waals surface area contributed by atoms with Gasteiger partial charge in [-0.2, -0.15) is 0 Å². The van der Waals surface area contributed by atoms with E-state index in [1.165, 1.54) is 59.2 Å². The second kappa shape index (κ2) is 7.53. The first kappa shape index (κ1) is 19.1. The van der Waals surface area contributed by atoms with Gasteiger partial charge >= 0.3 is 0 Å². The van der Waals surface area contributed by atoms with Gasteiger partial charge in [-0.1, -0.05) is 66.2 Å². The van der Waals surface area contributed by atoms with Gasteiger partial charge in [0.25, 0.3) is 0 Å². The van der Waals surface area contributed by atoms with Crippen LogP contribution in [0.2, 0.25) is 0 Å². The summed E-state index contributed by atoms with van der Waals surface area (Å²) in [6.07, 6.45) is 4.71. The van der Waals surface area contributed by atoms with Gasteiger partial charge in [0.05, 0.1) is 12.2 Å². The highest BCUT2D eigenvalue weighted by atomic mass is 16.6. The second-order valence-electron chi connectivity index (χ2n) is 9.79. The zero-order valence-electron chi connectivity index (χ0n) is 18.4. The smallest absolute Gasteiger partial charge is 0.0950 e. The van der Waals surface area contributed by atoms with Crippen LogP contribution in [0.4, 0.5) is 5.69 Å². The third-order valence-electron chi connectivity index (χ3n) is 7.83. The number of ether oxygens (including phenoxy) is 1. The van der Waals surface area contributed by atoms with Crippen molar-refractivity contribution in [3.63, 3.8) is 0 Å². The number of fused-ring (bicyclic) bond motifs is 1. The summed E-state index contributed by atoms with van der Waals surface area (Å²) < 4.78 is 5.69. The SMILES string of the molecule is Cc1ccc2c(c1)CC[C@H](c1ccccc1)[C@@H]2c1ccc(N2CCC3(CC2)CO3)cc1. The zero-order valence-corrected chi connectivity index (χ0v) is 18.4. The van der Waals surface area contributed by atoms with E-state index in [2.05, 4.69) is 84.6 Å². The maximum absolute atomic E-state index is 5.69. The van der Waals surface area contributed by atoms with Gasteiger partial charge in [-0.05, 0) is 72.9 Å². The first-order valence-corrected chi connectivity index (χ1v) is 11.8. The van der Waals surface area contributed by atoms with Crippen LogP contribution in [-0.4, -0.2) is 25.3 Å². The molecule has 3 aromatic rings. The van der Waals surface area contributed by atoms with Crippen LogP contribution < -0.4 is 4.90 Å².